The molecule has 0 saturated heterocycles. The van der Waals surface area contributed by atoms with Crippen molar-refractivity contribution >= 4 is 10.8 Å². The van der Waals surface area contributed by atoms with Crippen LogP contribution in [0, 0.1) is 5.92 Å². The third kappa shape index (κ3) is 1.28. The number of benzene rings is 2. The minimum absolute atomic E-state index is 0.443. The van der Waals surface area contributed by atoms with E-state index in [1.807, 2.05) is 18.2 Å². The summed E-state index contributed by atoms with van der Waals surface area (Å²) in [6, 6.07) is 14.5. The van der Waals surface area contributed by atoms with Gasteiger partial charge in [-0.05, 0) is 28.7 Å². The molecule has 2 aromatic carbocycles. The van der Waals surface area contributed by atoms with E-state index in [4.69, 9.17) is 0 Å². The van der Waals surface area contributed by atoms with Gasteiger partial charge in [0.25, 0.3) is 0 Å². The lowest BCUT2D eigenvalue weighted by Gasteiger charge is -2.13. The van der Waals surface area contributed by atoms with E-state index in [9.17, 15) is 5.11 Å². The monoisotopic (exact) mass is 212 g/mol. The fraction of sp³-hybridized carbons (Fsp3) is 0.333. The summed E-state index contributed by atoms with van der Waals surface area (Å²) in [7, 11) is 0. The van der Waals surface area contributed by atoms with Crippen LogP contribution < -0.4 is 0 Å². The van der Waals surface area contributed by atoms with Crippen molar-refractivity contribution in [1.29, 1.82) is 0 Å². The second-order valence-electron chi connectivity index (χ2n) is 4.76. The Morgan fingerprint density at radius 3 is 2.69 bits per heavy atom. The lowest BCUT2D eigenvalue weighted by atomic mass is 9.97. The molecule has 0 aliphatic heterocycles. The minimum Gasteiger partial charge on any atom is -0.385 e. The standard InChI is InChI=1S/C15H16O/c1-2-12-10-15(12,16)14-9-5-7-11-6-3-4-8-13(11)14/h3-9,12,16H,2,10H2,1H3. The molecule has 0 aromatic heterocycles. The zero-order valence-corrected chi connectivity index (χ0v) is 9.48. The summed E-state index contributed by atoms with van der Waals surface area (Å²) >= 11 is 0. The van der Waals surface area contributed by atoms with Crippen LogP contribution in [0.25, 0.3) is 10.8 Å². The molecule has 0 amide bonds. The van der Waals surface area contributed by atoms with Crippen LogP contribution in [-0.2, 0) is 5.60 Å². The van der Waals surface area contributed by atoms with Gasteiger partial charge in [-0.1, -0.05) is 55.8 Å². The van der Waals surface area contributed by atoms with E-state index in [2.05, 4.69) is 31.2 Å². The van der Waals surface area contributed by atoms with Gasteiger partial charge in [-0.2, -0.15) is 0 Å². The average molecular weight is 212 g/mol. The maximum Gasteiger partial charge on any atom is 0.0935 e. The van der Waals surface area contributed by atoms with Crippen molar-refractivity contribution in [2.45, 2.75) is 25.4 Å². The van der Waals surface area contributed by atoms with E-state index in [0.29, 0.717) is 5.92 Å². The van der Waals surface area contributed by atoms with Gasteiger partial charge in [0.05, 0.1) is 5.60 Å². The topological polar surface area (TPSA) is 20.2 Å². The maximum atomic E-state index is 10.6. The van der Waals surface area contributed by atoms with Crippen molar-refractivity contribution in [1.82, 2.24) is 0 Å². The molecule has 1 N–H and O–H groups in total. The molecule has 1 saturated carbocycles. The average Bonchev–Trinajstić information content (AvgIpc) is 3.01. The van der Waals surface area contributed by atoms with Gasteiger partial charge in [0.2, 0.25) is 0 Å². The smallest absolute Gasteiger partial charge is 0.0935 e. The fourth-order valence-corrected chi connectivity index (χ4v) is 2.73. The Labute approximate surface area is 95.7 Å². The van der Waals surface area contributed by atoms with Crippen LogP contribution >= 0.6 is 0 Å². The van der Waals surface area contributed by atoms with Crippen molar-refractivity contribution in [2.75, 3.05) is 0 Å². The molecule has 1 heteroatoms. The molecule has 2 atom stereocenters. The van der Waals surface area contributed by atoms with E-state index in [0.717, 1.165) is 18.4 Å². The molecule has 0 bridgehead atoms. The normalized spacial score (nSPS) is 28.2. The van der Waals surface area contributed by atoms with Crippen molar-refractivity contribution in [3.05, 3.63) is 48.0 Å². The first-order chi connectivity index (χ1) is 7.75. The van der Waals surface area contributed by atoms with Crippen LogP contribution in [0.4, 0.5) is 0 Å². The van der Waals surface area contributed by atoms with Crippen LogP contribution in [0.15, 0.2) is 42.5 Å². The summed E-state index contributed by atoms with van der Waals surface area (Å²) in [6.07, 6.45) is 1.97. The summed E-state index contributed by atoms with van der Waals surface area (Å²) in [5.41, 5.74) is 0.549. The summed E-state index contributed by atoms with van der Waals surface area (Å²) in [5.74, 6) is 0.443. The highest BCUT2D eigenvalue weighted by atomic mass is 16.3. The van der Waals surface area contributed by atoms with Gasteiger partial charge < -0.3 is 5.11 Å². The van der Waals surface area contributed by atoms with E-state index in [1.165, 1.54) is 10.8 Å². The highest BCUT2D eigenvalue weighted by Gasteiger charge is 2.53. The van der Waals surface area contributed by atoms with Gasteiger partial charge in [-0.25, -0.2) is 0 Å². The number of aliphatic hydroxyl groups is 1. The Morgan fingerprint density at radius 2 is 1.94 bits per heavy atom. The second-order valence-corrected chi connectivity index (χ2v) is 4.76. The second kappa shape index (κ2) is 3.33. The first-order valence-corrected chi connectivity index (χ1v) is 5.96. The fourth-order valence-electron chi connectivity index (χ4n) is 2.73. The summed E-state index contributed by atoms with van der Waals surface area (Å²) < 4.78 is 0. The van der Waals surface area contributed by atoms with Crippen molar-refractivity contribution in [3.8, 4) is 0 Å². The van der Waals surface area contributed by atoms with Crippen molar-refractivity contribution in [2.24, 2.45) is 5.92 Å². The van der Waals surface area contributed by atoms with E-state index in [-0.39, 0.29) is 0 Å². The zero-order valence-electron chi connectivity index (χ0n) is 9.48. The van der Waals surface area contributed by atoms with E-state index >= 15 is 0 Å². The quantitative estimate of drug-likeness (QED) is 0.808. The van der Waals surface area contributed by atoms with Crippen LogP contribution in [0.2, 0.25) is 0 Å². The van der Waals surface area contributed by atoms with Gasteiger partial charge in [0.1, 0.15) is 0 Å². The molecule has 0 spiro atoms. The third-order valence-corrected chi connectivity index (χ3v) is 3.82. The number of fused-ring (bicyclic) bond motifs is 1. The Bertz CT molecular complexity index is 526. The molecular formula is C15H16O. The number of hydrogen-bond acceptors (Lipinski definition) is 1. The van der Waals surface area contributed by atoms with Crippen LogP contribution in [0.1, 0.15) is 25.3 Å². The molecule has 2 aromatic rings. The SMILES string of the molecule is CCC1CC1(O)c1cccc2ccccc12. The number of rotatable bonds is 2. The molecule has 16 heavy (non-hydrogen) atoms. The van der Waals surface area contributed by atoms with Crippen molar-refractivity contribution < 1.29 is 5.11 Å². The largest absolute Gasteiger partial charge is 0.385 e. The Morgan fingerprint density at radius 1 is 1.19 bits per heavy atom. The van der Waals surface area contributed by atoms with E-state index in [1.54, 1.807) is 0 Å². The first-order valence-electron chi connectivity index (χ1n) is 5.96. The van der Waals surface area contributed by atoms with Gasteiger partial charge in [-0.15, -0.1) is 0 Å². The van der Waals surface area contributed by atoms with Gasteiger partial charge in [0.15, 0.2) is 0 Å². The Balaban J connectivity index is 2.18. The Hall–Kier alpha value is -1.34. The molecule has 1 nitrogen and oxygen atoms in total. The zero-order chi connectivity index (χ0) is 11.2. The van der Waals surface area contributed by atoms with Gasteiger partial charge >= 0.3 is 0 Å². The molecule has 2 unspecified atom stereocenters. The van der Waals surface area contributed by atoms with Crippen LogP contribution in [0.3, 0.4) is 0 Å². The summed E-state index contributed by atoms with van der Waals surface area (Å²) in [4.78, 5) is 0. The Kier molecular flexibility index (Phi) is 2.05. The molecule has 0 heterocycles. The minimum atomic E-state index is -0.560. The lowest BCUT2D eigenvalue weighted by molar-refractivity contribution is 0.132. The molecule has 1 fully saturated rings. The molecule has 3 rings (SSSR count). The third-order valence-electron chi connectivity index (χ3n) is 3.82. The van der Waals surface area contributed by atoms with Crippen LogP contribution in [-0.4, -0.2) is 5.11 Å². The predicted molar refractivity (Wildman–Crippen MR) is 66.2 cm³/mol. The molecule has 82 valence electrons. The predicted octanol–water partition coefficient (Wildman–Crippen LogP) is 3.46. The van der Waals surface area contributed by atoms with Gasteiger partial charge in [-0.3, -0.25) is 0 Å². The highest BCUT2D eigenvalue weighted by Crippen LogP contribution is 2.55. The molecule has 1 aliphatic rings. The molecule has 0 radical (unpaired) electrons. The lowest BCUT2D eigenvalue weighted by Crippen LogP contribution is -2.08. The van der Waals surface area contributed by atoms with Crippen molar-refractivity contribution in [3.63, 3.8) is 0 Å². The van der Waals surface area contributed by atoms with Gasteiger partial charge in [0, 0.05) is 0 Å². The molecule has 1 aliphatic carbocycles. The summed E-state index contributed by atoms with van der Waals surface area (Å²) in [5, 5.41) is 13.0. The highest BCUT2D eigenvalue weighted by molar-refractivity contribution is 5.86. The number of hydrogen-bond donors (Lipinski definition) is 1. The molecular weight excluding hydrogens is 196 g/mol. The first kappa shape index (κ1) is 9.86. The summed E-state index contributed by atoms with van der Waals surface area (Å²) in [6.45, 7) is 2.15. The van der Waals surface area contributed by atoms with Crippen LogP contribution in [0.5, 0.6) is 0 Å². The van der Waals surface area contributed by atoms with E-state index < -0.39 is 5.60 Å². The maximum absolute atomic E-state index is 10.6.